The number of nitrogens with zero attached hydrogens (tertiary/aromatic N) is 4. The summed E-state index contributed by atoms with van der Waals surface area (Å²) in [6.45, 7) is 2.63. The zero-order chi connectivity index (χ0) is 16.4. The van der Waals surface area contributed by atoms with Gasteiger partial charge in [-0.3, -0.25) is 4.79 Å². The molecule has 0 saturated carbocycles. The van der Waals surface area contributed by atoms with E-state index in [1.807, 2.05) is 4.90 Å². The normalized spacial score (nSPS) is 28.6. The number of carbonyl (C=O) groups is 1. The minimum atomic E-state index is -0.0465. The number of thioether (sulfide) groups is 1. The number of likely N-dealkylation sites (tertiary alicyclic amines) is 2. The van der Waals surface area contributed by atoms with E-state index in [1.54, 1.807) is 0 Å². The molecular formula is C14H24N6O2S. The lowest BCUT2D eigenvalue weighted by molar-refractivity contribution is -0.137. The van der Waals surface area contributed by atoms with Gasteiger partial charge in [-0.1, -0.05) is 11.8 Å². The van der Waals surface area contributed by atoms with E-state index in [2.05, 4.69) is 27.1 Å². The molecular weight excluding hydrogens is 316 g/mol. The fourth-order valence-corrected chi connectivity index (χ4v) is 4.49. The number of anilines is 1. The molecule has 0 bridgehead atoms. The lowest BCUT2D eigenvalue weighted by Gasteiger charge is -2.53. The molecule has 9 heteroatoms. The van der Waals surface area contributed by atoms with Crippen LogP contribution in [0.1, 0.15) is 19.3 Å². The lowest BCUT2D eigenvalue weighted by atomic mass is 9.69. The first kappa shape index (κ1) is 16.5. The summed E-state index contributed by atoms with van der Waals surface area (Å²) in [6.07, 6.45) is 3.03. The molecule has 1 aromatic heterocycles. The van der Waals surface area contributed by atoms with Crippen LogP contribution in [0.25, 0.3) is 0 Å². The molecule has 1 amide bonds. The molecule has 8 nitrogen and oxygen atoms in total. The number of hydrogen-bond acceptors (Lipinski definition) is 7. The monoisotopic (exact) mass is 340 g/mol. The molecule has 23 heavy (non-hydrogen) atoms. The Kier molecular flexibility index (Phi) is 4.79. The van der Waals surface area contributed by atoms with Gasteiger partial charge in [0.1, 0.15) is 0 Å². The Bertz CT molecular complexity index is 567. The number of nitrogens with one attached hydrogen (secondary N) is 1. The Hall–Kier alpha value is -1.32. The van der Waals surface area contributed by atoms with Crippen molar-refractivity contribution in [2.75, 3.05) is 44.8 Å². The van der Waals surface area contributed by atoms with Crippen LogP contribution in [0, 0.1) is 5.41 Å². The number of aromatic amines is 1. The van der Waals surface area contributed by atoms with Gasteiger partial charge >= 0.3 is 0 Å². The average Bonchev–Trinajstić information content (AvgIpc) is 2.98. The van der Waals surface area contributed by atoms with Crippen LogP contribution in [-0.2, 0) is 4.79 Å². The van der Waals surface area contributed by atoms with Gasteiger partial charge in [0.05, 0.1) is 12.4 Å². The van der Waals surface area contributed by atoms with Crippen molar-refractivity contribution in [1.29, 1.82) is 0 Å². The summed E-state index contributed by atoms with van der Waals surface area (Å²) < 4.78 is 0. The summed E-state index contributed by atoms with van der Waals surface area (Å²) in [5.74, 6) is 0.651. The van der Waals surface area contributed by atoms with E-state index < -0.39 is 0 Å². The molecule has 4 N–H and O–H groups in total. The van der Waals surface area contributed by atoms with Gasteiger partial charge in [0.25, 0.3) is 0 Å². The number of carbonyl (C=O) groups excluding carboxylic acids is 1. The second kappa shape index (κ2) is 6.66. The van der Waals surface area contributed by atoms with E-state index in [4.69, 9.17) is 5.73 Å². The highest BCUT2D eigenvalue weighted by molar-refractivity contribution is 7.99. The topological polar surface area (TPSA) is 111 Å². The fraction of sp³-hybridized carbons (Fsp3) is 0.786. The summed E-state index contributed by atoms with van der Waals surface area (Å²) in [5, 5.41) is 16.9. The molecule has 0 aromatic carbocycles. The molecule has 0 spiro atoms. The molecule has 128 valence electrons. The van der Waals surface area contributed by atoms with E-state index in [0.29, 0.717) is 24.0 Å². The van der Waals surface area contributed by atoms with Crippen molar-refractivity contribution < 1.29 is 9.90 Å². The van der Waals surface area contributed by atoms with Crippen LogP contribution >= 0.6 is 11.8 Å². The first-order chi connectivity index (χ1) is 11.0. The molecule has 2 saturated heterocycles. The third-order valence-electron chi connectivity index (χ3n) is 5.17. The largest absolute Gasteiger partial charge is 0.396 e. The van der Waals surface area contributed by atoms with Crippen LogP contribution in [-0.4, -0.2) is 81.1 Å². The third kappa shape index (κ3) is 3.31. The Labute approximate surface area is 139 Å². The number of aliphatic hydroxyl groups is 1. The standard InChI is InChI=1S/C14H24N6O2S/c1-19-5-2-3-14(9-21)4-6-20(7-10(14)19)11(22)8-23-13-16-12(15)17-18-13/h10,21H,2-9H2,1H3,(H3,15,16,17,18)/t10-,14-/m1/s1. The number of nitrogen functional groups attached to an aromatic ring is 1. The number of fused-ring (bicyclic) bond motifs is 1. The van der Waals surface area contributed by atoms with Crippen molar-refractivity contribution in [2.45, 2.75) is 30.5 Å². The van der Waals surface area contributed by atoms with Gasteiger partial charge in [-0.05, 0) is 32.9 Å². The van der Waals surface area contributed by atoms with Crippen molar-refractivity contribution in [2.24, 2.45) is 5.41 Å². The predicted octanol–water partition coefficient (Wildman–Crippen LogP) is -0.216. The quantitative estimate of drug-likeness (QED) is 0.650. The molecule has 1 aromatic rings. The number of likely N-dealkylation sites (N-methyl/N-ethyl adjacent to an activating group) is 1. The summed E-state index contributed by atoms with van der Waals surface area (Å²) >= 11 is 1.29. The zero-order valence-corrected chi connectivity index (χ0v) is 14.2. The molecule has 0 aliphatic carbocycles. The van der Waals surface area contributed by atoms with E-state index >= 15 is 0 Å². The first-order valence-corrected chi connectivity index (χ1v) is 8.92. The molecule has 2 aliphatic rings. The molecule has 2 aliphatic heterocycles. The van der Waals surface area contributed by atoms with Gasteiger partial charge in [0.2, 0.25) is 17.0 Å². The maximum absolute atomic E-state index is 12.5. The number of hydrogen-bond donors (Lipinski definition) is 3. The van der Waals surface area contributed by atoms with E-state index in [1.165, 1.54) is 11.8 Å². The molecule has 0 unspecified atom stereocenters. The highest BCUT2D eigenvalue weighted by atomic mass is 32.2. The number of aliphatic hydroxyl groups excluding tert-OH is 1. The van der Waals surface area contributed by atoms with E-state index in [9.17, 15) is 9.90 Å². The average molecular weight is 340 g/mol. The van der Waals surface area contributed by atoms with Crippen molar-refractivity contribution in [3.63, 3.8) is 0 Å². The molecule has 3 rings (SSSR count). The maximum atomic E-state index is 12.5. The van der Waals surface area contributed by atoms with Crippen molar-refractivity contribution in [3.05, 3.63) is 0 Å². The predicted molar refractivity (Wildman–Crippen MR) is 87.9 cm³/mol. The summed E-state index contributed by atoms with van der Waals surface area (Å²) in [7, 11) is 2.09. The molecule has 0 radical (unpaired) electrons. The van der Waals surface area contributed by atoms with Crippen LogP contribution in [0.4, 0.5) is 5.95 Å². The van der Waals surface area contributed by atoms with E-state index in [0.717, 1.165) is 25.8 Å². The fourth-order valence-electron chi connectivity index (χ4n) is 3.78. The van der Waals surface area contributed by atoms with Gasteiger partial charge in [-0.25, -0.2) is 5.10 Å². The summed E-state index contributed by atoms with van der Waals surface area (Å²) in [5.41, 5.74) is 5.43. The number of piperidine rings is 2. The van der Waals surface area contributed by atoms with Crippen LogP contribution in [0.15, 0.2) is 5.16 Å². The molecule has 3 heterocycles. The van der Waals surface area contributed by atoms with Gasteiger partial charge < -0.3 is 20.6 Å². The van der Waals surface area contributed by atoms with Crippen molar-refractivity contribution in [3.8, 4) is 0 Å². The van der Waals surface area contributed by atoms with Crippen LogP contribution in [0.5, 0.6) is 0 Å². The highest BCUT2D eigenvalue weighted by Crippen LogP contribution is 2.41. The summed E-state index contributed by atoms with van der Waals surface area (Å²) in [6, 6.07) is 0.239. The van der Waals surface area contributed by atoms with Gasteiger partial charge in [0.15, 0.2) is 0 Å². The lowest BCUT2D eigenvalue weighted by Crippen LogP contribution is -2.62. The van der Waals surface area contributed by atoms with Crippen LogP contribution < -0.4 is 5.73 Å². The third-order valence-corrected chi connectivity index (χ3v) is 6.00. The van der Waals surface area contributed by atoms with E-state index in [-0.39, 0.29) is 29.9 Å². The number of H-pyrrole nitrogens is 1. The summed E-state index contributed by atoms with van der Waals surface area (Å²) in [4.78, 5) is 20.7. The molecule has 2 atom stereocenters. The zero-order valence-electron chi connectivity index (χ0n) is 13.4. The maximum Gasteiger partial charge on any atom is 0.233 e. The van der Waals surface area contributed by atoms with Crippen LogP contribution in [0.2, 0.25) is 0 Å². The number of nitrogens with two attached hydrogens (primary N) is 1. The number of amides is 1. The molecule has 2 fully saturated rings. The number of aromatic nitrogens is 3. The highest BCUT2D eigenvalue weighted by Gasteiger charge is 2.47. The second-order valence-corrected chi connectivity index (χ2v) is 7.44. The minimum Gasteiger partial charge on any atom is -0.396 e. The first-order valence-electron chi connectivity index (χ1n) is 7.94. The van der Waals surface area contributed by atoms with Crippen molar-refractivity contribution >= 4 is 23.6 Å². The Morgan fingerprint density at radius 2 is 2.35 bits per heavy atom. The Morgan fingerprint density at radius 3 is 3.04 bits per heavy atom. The minimum absolute atomic E-state index is 0.0465. The smallest absolute Gasteiger partial charge is 0.233 e. The van der Waals surface area contributed by atoms with Gasteiger partial charge in [-0.2, -0.15) is 4.98 Å². The van der Waals surface area contributed by atoms with Crippen LogP contribution in [0.3, 0.4) is 0 Å². The second-order valence-electron chi connectivity index (χ2n) is 6.50. The SMILES string of the molecule is CN1CCC[C@]2(CO)CCN(C(=O)CSc3n[nH]c(N)n3)C[C@@H]12. The number of rotatable bonds is 4. The van der Waals surface area contributed by atoms with Gasteiger partial charge in [-0.15, -0.1) is 5.10 Å². The van der Waals surface area contributed by atoms with Crippen molar-refractivity contribution in [1.82, 2.24) is 25.0 Å². The van der Waals surface area contributed by atoms with Gasteiger partial charge in [0, 0.05) is 24.5 Å². The Balaban J connectivity index is 1.60. The Morgan fingerprint density at radius 1 is 1.52 bits per heavy atom.